The van der Waals surface area contributed by atoms with Crippen LogP contribution in [0.4, 0.5) is 0 Å². The lowest BCUT2D eigenvalue weighted by Gasteiger charge is -2.10. The molecule has 0 saturated heterocycles. The van der Waals surface area contributed by atoms with Crippen molar-refractivity contribution in [2.75, 3.05) is 6.61 Å². The van der Waals surface area contributed by atoms with Gasteiger partial charge in [-0.1, -0.05) is 36.9 Å². The summed E-state index contributed by atoms with van der Waals surface area (Å²) in [6.45, 7) is 5.58. The van der Waals surface area contributed by atoms with Gasteiger partial charge in [0.2, 0.25) is 0 Å². The molecule has 82 valence electrons. The monoisotopic (exact) mass is 226 g/mol. The number of rotatable bonds is 5. The van der Waals surface area contributed by atoms with Crippen LogP contribution in [0, 0.1) is 0 Å². The van der Waals surface area contributed by atoms with Crippen LogP contribution in [0.2, 0.25) is 0 Å². The Bertz CT molecular complexity index is 370. The first-order chi connectivity index (χ1) is 7.07. The number of hydrogen-bond acceptors (Lipinski definition) is 2. The zero-order valence-corrected chi connectivity index (χ0v) is 9.61. The van der Waals surface area contributed by atoms with Crippen molar-refractivity contribution in [3.63, 3.8) is 0 Å². The van der Waals surface area contributed by atoms with E-state index >= 15 is 0 Å². The summed E-state index contributed by atoms with van der Waals surface area (Å²) in [6.07, 6.45) is 1.78. The highest BCUT2D eigenvalue weighted by Gasteiger charge is 2.18. The predicted octanol–water partition coefficient (Wildman–Crippen LogP) is 3.05. The minimum atomic E-state index is -3.46. The molecule has 0 bridgehead atoms. The first-order valence-corrected chi connectivity index (χ1v) is 6.51. The van der Waals surface area contributed by atoms with Crippen molar-refractivity contribution in [3.8, 4) is 0 Å². The Morgan fingerprint density at radius 3 is 2.53 bits per heavy atom. The highest BCUT2D eigenvalue weighted by atomic mass is 31.2. The average Bonchev–Trinajstić information content (AvgIpc) is 2.18. The van der Waals surface area contributed by atoms with E-state index in [2.05, 4.69) is 6.58 Å². The third-order valence-electron chi connectivity index (χ3n) is 1.93. The molecule has 0 saturated carbocycles. The largest absolute Gasteiger partial charge is 0.332 e. The Hall–Kier alpha value is -0.890. The van der Waals surface area contributed by atoms with Crippen LogP contribution in [0.3, 0.4) is 0 Å². The summed E-state index contributed by atoms with van der Waals surface area (Å²) in [5.74, 6) is 0. The minimum Gasteiger partial charge on any atom is -0.324 e. The smallest absolute Gasteiger partial charge is 0.324 e. The van der Waals surface area contributed by atoms with Crippen molar-refractivity contribution in [1.29, 1.82) is 0 Å². The first kappa shape index (κ1) is 12.2. The molecule has 1 aromatic carbocycles. The Morgan fingerprint density at radius 1 is 1.47 bits per heavy atom. The van der Waals surface area contributed by atoms with Crippen molar-refractivity contribution in [2.24, 2.45) is 0 Å². The van der Waals surface area contributed by atoms with Gasteiger partial charge in [0.05, 0.1) is 12.8 Å². The second-order valence-corrected chi connectivity index (χ2v) is 5.01. The second-order valence-electron chi connectivity index (χ2n) is 3.16. The van der Waals surface area contributed by atoms with Crippen molar-refractivity contribution in [1.82, 2.24) is 0 Å². The van der Waals surface area contributed by atoms with Gasteiger partial charge in [-0.2, -0.15) is 0 Å². The van der Waals surface area contributed by atoms with Crippen LogP contribution in [0.25, 0.3) is 6.08 Å². The van der Waals surface area contributed by atoms with E-state index in [4.69, 9.17) is 4.52 Å². The van der Waals surface area contributed by atoms with E-state index in [1.165, 1.54) is 0 Å². The van der Waals surface area contributed by atoms with E-state index in [1.54, 1.807) is 25.1 Å². The van der Waals surface area contributed by atoms with Crippen LogP contribution in [0.15, 0.2) is 30.8 Å². The molecule has 1 atom stereocenters. The summed E-state index contributed by atoms with van der Waals surface area (Å²) < 4.78 is 16.2. The van der Waals surface area contributed by atoms with E-state index in [9.17, 15) is 9.46 Å². The fourth-order valence-electron chi connectivity index (χ4n) is 1.24. The molecule has 15 heavy (non-hydrogen) atoms. The molecule has 0 spiro atoms. The van der Waals surface area contributed by atoms with Crippen LogP contribution >= 0.6 is 7.60 Å². The molecular formula is C11H15O3P. The van der Waals surface area contributed by atoms with Gasteiger partial charge in [0.15, 0.2) is 0 Å². The molecule has 0 aliphatic rings. The summed E-state index contributed by atoms with van der Waals surface area (Å²) in [5, 5.41) is 0. The highest BCUT2D eigenvalue weighted by molar-refractivity contribution is 7.51. The molecule has 0 aliphatic carbocycles. The summed E-state index contributed by atoms with van der Waals surface area (Å²) in [7, 11) is -3.46. The fraction of sp³-hybridized carbons (Fsp3) is 0.273. The molecule has 0 radical (unpaired) electrons. The molecule has 0 aliphatic heterocycles. The third-order valence-corrected chi connectivity index (χ3v) is 3.36. The van der Waals surface area contributed by atoms with Gasteiger partial charge in [-0.3, -0.25) is 4.57 Å². The van der Waals surface area contributed by atoms with Crippen LogP contribution in [0.1, 0.15) is 18.1 Å². The lowest BCUT2D eigenvalue weighted by atomic mass is 10.1. The fourth-order valence-corrected chi connectivity index (χ4v) is 2.40. The van der Waals surface area contributed by atoms with Crippen LogP contribution in [-0.4, -0.2) is 11.5 Å². The molecule has 1 rings (SSSR count). The van der Waals surface area contributed by atoms with Gasteiger partial charge in [0, 0.05) is 0 Å². The summed E-state index contributed by atoms with van der Waals surface area (Å²) in [4.78, 5) is 9.41. The van der Waals surface area contributed by atoms with E-state index < -0.39 is 7.60 Å². The zero-order valence-electron chi connectivity index (χ0n) is 8.72. The van der Waals surface area contributed by atoms with Gasteiger partial charge in [0.25, 0.3) is 0 Å². The van der Waals surface area contributed by atoms with Crippen molar-refractivity contribution in [2.45, 2.75) is 13.1 Å². The lowest BCUT2D eigenvalue weighted by molar-refractivity contribution is 0.272. The van der Waals surface area contributed by atoms with Gasteiger partial charge in [-0.05, 0) is 18.1 Å². The Kier molecular flexibility index (Phi) is 4.28. The van der Waals surface area contributed by atoms with Crippen LogP contribution in [-0.2, 0) is 15.3 Å². The number of benzene rings is 1. The minimum absolute atomic E-state index is 0.0538. The first-order valence-electron chi connectivity index (χ1n) is 4.75. The van der Waals surface area contributed by atoms with Crippen LogP contribution in [0.5, 0.6) is 0 Å². The molecule has 0 heterocycles. The second kappa shape index (κ2) is 5.26. The molecule has 1 unspecified atom stereocenters. The summed E-state index contributed by atoms with van der Waals surface area (Å²) in [5.41, 5.74) is 1.78. The highest BCUT2D eigenvalue weighted by Crippen LogP contribution is 2.45. The van der Waals surface area contributed by atoms with Crippen molar-refractivity contribution in [3.05, 3.63) is 42.0 Å². The summed E-state index contributed by atoms with van der Waals surface area (Å²) in [6, 6.07) is 7.32. The quantitative estimate of drug-likeness (QED) is 0.785. The SMILES string of the molecule is C=Cc1ccc(CP(=O)(O)OCC)cc1. The normalized spacial score (nSPS) is 14.5. The molecule has 0 aromatic heterocycles. The van der Waals surface area contributed by atoms with E-state index in [-0.39, 0.29) is 12.8 Å². The van der Waals surface area contributed by atoms with E-state index in [1.807, 2.05) is 12.1 Å². The lowest BCUT2D eigenvalue weighted by Crippen LogP contribution is -1.93. The van der Waals surface area contributed by atoms with E-state index in [0.717, 1.165) is 11.1 Å². The predicted molar refractivity (Wildman–Crippen MR) is 61.7 cm³/mol. The van der Waals surface area contributed by atoms with Gasteiger partial charge in [-0.25, -0.2) is 0 Å². The van der Waals surface area contributed by atoms with Crippen LogP contribution < -0.4 is 0 Å². The van der Waals surface area contributed by atoms with Gasteiger partial charge < -0.3 is 9.42 Å². The van der Waals surface area contributed by atoms with Crippen molar-refractivity contribution >= 4 is 13.7 Å². The van der Waals surface area contributed by atoms with Crippen molar-refractivity contribution < 1.29 is 14.0 Å². The maximum Gasteiger partial charge on any atom is 0.332 e. The Labute approximate surface area is 89.9 Å². The number of hydrogen-bond donors (Lipinski definition) is 1. The maximum absolute atomic E-state index is 11.5. The standard InChI is InChI=1S/C11H15O3P/c1-3-10-5-7-11(8-6-10)9-15(12,13)14-4-2/h3,5-8H,1,4,9H2,2H3,(H,12,13). The molecule has 4 heteroatoms. The molecular weight excluding hydrogens is 211 g/mol. The molecule has 0 fully saturated rings. The average molecular weight is 226 g/mol. The topological polar surface area (TPSA) is 46.5 Å². The van der Waals surface area contributed by atoms with Gasteiger partial charge in [-0.15, -0.1) is 0 Å². The molecule has 3 nitrogen and oxygen atoms in total. The van der Waals surface area contributed by atoms with Gasteiger partial charge >= 0.3 is 7.60 Å². The summed E-state index contributed by atoms with van der Waals surface area (Å²) >= 11 is 0. The van der Waals surface area contributed by atoms with E-state index in [0.29, 0.717) is 0 Å². The Balaban J connectivity index is 2.72. The third kappa shape index (κ3) is 4.00. The molecule has 0 amide bonds. The molecule has 1 N–H and O–H groups in total. The van der Waals surface area contributed by atoms with Gasteiger partial charge in [0.1, 0.15) is 0 Å². The Morgan fingerprint density at radius 2 is 2.07 bits per heavy atom. The molecule has 1 aromatic rings. The zero-order chi connectivity index (χ0) is 11.3. The maximum atomic E-state index is 11.5.